The van der Waals surface area contributed by atoms with Gasteiger partial charge in [0.2, 0.25) is 0 Å². The SMILES string of the molecule is C.C.C.C.CCCCO.COc1cccc(O)c1.COc1cccc(OCCCNC(=O)OCC2c3ccccc3-c3ccccc32)c1.O=C(NCCCOc1cccc(CO)c1)OCC1c2ccccc2-c2ccccc21.OC1CCCO1.[B].[H-].[Na+]. The number of methoxy groups -OCH3 is 2. The van der Waals surface area contributed by atoms with E-state index in [1.54, 1.807) is 44.6 Å². The van der Waals surface area contributed by atoms with E-state index in [2.05, 4.69) is 66.1 Å². The quantitative estimate of drug-likeness (QED) is 0.0330. The first kappa shape index (κ1) is 79.0. The van der Waals surface area contributed by atoms with E-state index < -0.39 is 18.5 Å². The van der Waals surface area contributed by atoms with Crippen LogP contribution in [0.4, 0.5) is 9.59 Å². The van der Waals surface area contributed by atoms with Crippen LogP contribution in [-0.4, -0.2) is 114 Å². The molecule has 2 amide bonds. The summed E-state index contributed by atoms with van der Waals surface area (Å²) in [5, 5.41) is 40.2. The minimum Gasteiger partial charge on any atom is -1.00 e. The third-order valence-corrected chi connectivity index (χ3v) is 13.0. The number of hydrogen-bond donors (Lipinski definition) is 6. The predicted molar refractivity (Wildman–Crippen MR) is 343 cm³/mol. The molecule has 7 aromatic carbocycles. The second kappa shape index (κ2) is 44.4. The molecule has 1 unspecified atom stereocenters. The smallest absolute Gasteiger partial charge is 1.00 e. The zero-order chi connectivity index (χ0) is 56.7. The molecule has 461 valence electrons. The molecule has 0 bridgehead atoms. The van der Waals surface area contributed by atoms with Crippen molar-refractivity contribution in [3.8, 4) is 51.0 Å². The first-order chi connectivity index (χ1) is 39.2. The van der Waals surface area contributed by atoms with Crippen molar-refractivity contribution in [2.45, 2.75) is 99.9 Å². The second-order valence-corrected chi connectivity index (χ2v) is 18.6. The summed E-state index contributed by atoms with van der Waals surface area (Å²) in [6.07, 6.45) is 3.94. The molecule has 1 aliphatic heterocycles. The average Bonchev–Trinajstić information content (AvgIpc) is 1.78. The number of fused-ring (bicyclic) bond motifs is 6. The first-order valence-corrected chi connectivity index (χ1v) is 27.2. The molecule has 1 atom stereocenters. The summed E-state index contributed by atoms with van der Waals surface area (Å²) in [6.45, 7) is 5.67. The van der Waals surface area contributed by atoms with Gasteiger partial charge in [0.15, 0.2) is 6.29 Å². The predicted octanol–water partition coefficient (Wildman–Crippen LogP) is 11.1. The summed E-state index contributed by atoms with van der Waals surface area (Å²) in [7, 11) is 3.19. The van der Waals surface area contributed by atoms with Crippen LogP contribution in [0.1, 0.15) is 116 Å². The molecule has 15 nitrogen and oxygen atoms in total. The van der Waals surface area contributed by atoms with Gasteiger partial charge < -0.3 is 65.6 Å². The number of ether oxygens (including phenoxy) is 7. The van der Waals surface area contributed by atoms with Crippen molar-refractivity contribution in [2.24, 2.45) is 0 Å². The Morgan fingerprint density at radius 1 is 0.558 bits per heavy atom. The normalized spacial score (nSPS) is 12.3. The summed E-state index contributed by atoms with van der Waals surface area (Å²) in [5.41, 5.74) is 10.5. The number of carbonyl (C=O) groups is 2. The fraction of sp³-hybridized carbons (Fsp3) is 0.362. The van der Waals surface area contributed by atoms with Crippen molar-refractivity contribution in [1.29, 1.82) is 0 Å². The fourth-order valence-corrected chi connectivity index (χ4v) is 8.96. The van der Waals surface area contributed by atoms with Crippen LogP contribution in [0, 0.1) is 0 Å². The molecular weight excluding hydrogens is 1100 g/mol. The summed E-state index contributed by atoms with van der Waals surface area (Å²) < 4.78 is 37.1. The maximum absolute atomic E-state index is 12.1. The number of rotatable bonds is 19. The fourth-order valence-electron chi connectivity index (χ4n) is 8.96. The number of carbonyl (C=O) groups excluding carboxylic acids is 2. The molecule has 2 aliphatic carbocycles. The van der Waals surface area contributed by atoms with Crippen molar-refractivity contribution in [3.05, 3.63) is 198 Å². The number of nitrogens with one attached hydrogen (secondary N) is 2. The van der Waals surface area contributed by atoms with Gasteiger partial charge in [0.25, 0.3) is 0 Å². The van der Waals surface area contributed by atoms with Crippen LogP contribution in [0.5, 0.6) is 28.7 Å². The summed E-state index contributed by atoms with van der Waals surface area (Å²) in [4.78, 5) is 24.3. The van der Waals surface area contributed by atoms with E-state index in [9.17, 15) is 9.59 Å². The Morgan fingerprint density at radius 3 is 1.31 bits per heavy atom. The molecule has 17 heteroatoms. The molecular formula is C69H93BN2NaO13. The number of unbranched alkanes of at least 4 members (excludes halogenated alkanes) is 1. The third-order valence-electron chi connectivity index (χ3n) is 13.0. The maximum Gasteiger partial charge on any atom is 1.00 e. The molecule has 1 saturated heterocycles. The Kier molecular flexibility index (Phi) is 40.8. The Labute approximate surface area is 537 Å². The Bertz CT molecular complexity index is 2710. The van der Waals surface area contributed by atoms with Gasteiger partial charge in [0.1, 0.15) is 42.0 Å². The van der Waals surface area contributed by atoms with Crippen molar-refractivity contribution < 1.29 is 94.2 Å². The monoisotopic (exact) mass is 1190 g/mol. The van der Waals surface area contributed by atoms with E-state index in [-0.39, 0.29) is 93.3 Å². The van der Waals surface area contributed by atoms with Gasteiger partial charge in [-0.2, -0.15) is 0 Å². The zero-order valence-electron chi connectivity index (χ0n) is 48.5. The molecule has 1 heterocycles. The van der Waals surface area contributed by atoms with Gasteiger partial charge in [-0.25, -0.2) is 9.59 Å². The van der Waals surface area contributed by atoms with Crippen molar-refractivity contribution >= 4 is 20.6 Å². The van der Waals surface area contributed by atoms with Crippen LogP contribution < -0.4 is 59.1 Å². The second-order valence-electron chi connectivity index (χ2n) is 18.6. The molecule has 7 aromatic rings. The molecule has 86 heavy (non-hydrogen) atoms. The van der Waals surface area contributed by atoms with Crippen molar-refractivity contribution in [1.82, 2.24) is 10.6 Å². The number of amides is 2. The standard InChI is InChI=1S/2C25H25NO4.C7H8O2.C4H8O2.C4H10O.4CH4.B.Na.H/c1-28-18-8-6-9-19(16-18)29-15-7-14-26-25(27)30-17-24-22-12-4-2-10-20(22)21-11-3-5-13-23(21)24;27-16-18-7-5-8-19(15-18)29-14-6-13-26-25(28)30-17-24-22-11-3-1-9-20(22)21-10-2-4-12-23(21)24;1-9-7-4-2-3-6(8)5-7;5-4-2-1-3-6-4;1-2-3-4-5;;;;;;;/h2-6,8-13,16,24H,7,14-15,17H2,1H3,(H,26,27);1-5,7-12,15,24,27H,6,13-14,16-17H2,(H,26,28);2-5,8H,1H3;4-5H,1-3H2;5H,2-4H2,1H3;4*1H4;;;/q;;;;;;;;;;+1;-1. The summed E-state index contributed by atoms with van der Waals surface area (Å²) in [5.74, 6) is 3.25. The van der Waals surface area contributed by atoms with E-state index in [1.165, 1.54) is 44.5 Å². The average molecular weight is 1190 g/mol. The van der Waals surface area contributed by atoms with Gasteiger partial charge in [-0.1, -0.05) is 164 Å². The van der Waals surface area contributed by atoms with Gasteiger partial charge in [-0.15, -0.1) is 0 Å². The molecule has 3 radical (unpaired) electrons. The van der Waals surface area contributed by atoms with Crippen molar-refractivity contribution in [3.63, 3.8) is 0 Å². The van der Waals surface area contributed by atoms with Crippen LogP contribution >= 0.6 is 0 Å². The largest absolute Gasteiger partial charge is 1.00 e. The number of alkyl carbamates (subject to hydrolysis) is 2. The van der Waals surface area contributed by atoms with E-state index in [0.717, 1.165) is 49.4 Å². The number of phenolic OH excluding ortho intramolecular Hbond substituents is 1. The Balaban J connectivity index is 0. The van der Waals surface area contributed by atoms with Crippen LogP contribution in [0.25, 0.3) is 22.3 Å². The van der Waals surface area contributed by atoms with Gasteiger partial charge in [0, 0.05) is 65.1 Å². The third kappa shape index (κ3) is 25.5. The van der Waals surface area contributed by atoms with Crippen LogP contribution in [-0.2, 0) is 20.8 Å². The molecule has 0 aromatic heterocycles. The summed E-state index contributed by atoms with van der Waals surface area (Å²) >= 11 is 0. The topological polar surface area (TPSA) is 204 Å². The van der Waals surface area contributed by atoms with Crippen LogP contribution in [0.2, 0.25) is 0 Å². The molecule has 3 aliphatic rings. The van der Waals surface area contributed by atoms with Gasteiger partial charge in [-0.05, 0) is 112 Å². The molecule has 10 rings (SSSR count). The van der Waals surface area contributed by atoms with Gasteiger partial charge in [-0.3, -0.25) is 0 Å². The van der Waals surface area contributed by atoms with Crippen molar-refractivity contribution in [2.75, 3.05) is 67.0 Å². The first-order valence-electron chi connectivity index (χ1n) is 27.2. The number of aliphatic hydroxyl groups excluding tert-OH is 3. The molecule has 6 N–H and O–H groups in total. The van der Waals surface area contributed by atoms with E-state index in [0.29, 0.717) is 70.5 Å². The van der Waals surface area contributed by atoms with Gasteiger partial charge >= 0.3 is 41.7 Å². The number of benzene rings is 7. The number of phenols is 1. The maximum atomic E-state index is 12.1. The van der Waals surface area contributed by atoms with E-state index >= 15 is 0 Å². The molecule has 0 spiro atoms. The number of aromatic hydroxyl groups is 1. The van der Waals surface area contributed by atoms with Gasteiger partial charge in [0.05, 0.1) is 34.0 Å². The zero-order valence-corrected chi connectivity index (χ0v) is 49.5. The minimum absolute atomic E-state index is 0. The van der Waals surface area contributed by atoms with E-state index in [4.69, 9.17) is 53.6 Å². The number of aliphatic hydroxyl groups is 3. The summed E-state index contributed by atoms with van der Waals surface area (Å²) in [6, 6.07) is 54.6. The minimum atomic E-state index is -0.454. The van der Waals surface area contributed by atoms with Crippen LogP contribution in [0.3, 0.4) is 0 Å². The molecule has 1 fully saturated rings. The Morgan fingerprint density at radius 2 is 0.965 bits per heavy atom. The Hall–Kier alpha value is -7.02. The number of hydrogen-bond acceptors (Lipinski definition) is 13. The molecule has 0 saturated carbocycles. The van der Waals surface area contributed by atoms with Crippen LogP contribution in [0.15, 0.2) is 170 Å². The van der Waals surface area contributed by atoms with E-state index in [1.807, 2.05) is 91.0 Å².